The van der Waals surface area contributed by atoms with Crippen molar-refractivity contribution in [2.75, 3.05) is 10.5 Å². The third-order valence-corrected chi connectivity index (χ3v) is 9.24. The first-order chi connectivity index (χ1) is 15.1. The van der Waals surface area contributed by atoms with Crippen LogP contribution >= 0.6 is 34.7 Å². The fraction of sp³-hybridized carbons (Fsp3) is 0.318. The van der Waals surface area contributed by atoms with E-state index in [9.17, 15) is 18.3 Å². The van der Waals surface area contributed by atoms with Crippen molar-refractivity contribution in [2.45, 2.75) is 49.1 Å². The summed E-state index contributed by atoms with van der Waals surface area (Å²) in [6, 6.07) is 9.67. The molecule has 3 rings (SSSR count). The SMILES string of the molecule is CC.CCC(C)c1sc(S(=O)(=O)Nc2cc(SCC(=O)O)c(O)c3ccccc23)cc1Cl. The standard InChI is InChI=1S/C20H20ClNO5S3.C2H6/c1-3-11(2)20-14(21)8-18(29-20)30(26,27)22-15-9-16(28-10-17(23)24)19(25)13-7-5-4-6-12(13)15;1-2/h4-9,11,22,25H,3,10H2,1-2H3,(H,23,24);1-2H3. The molecule has 1 aromatic heterocycles. The van der Waals surface area contributed by atoms with Gasteiger partial charge in [0.2, 0.25) is 0 Å². The average Bonchev–Trinajstić information content (AvgIpc) is 3.18. The van der Waals surface area contributed by atoms with Crippen molar-refractivity contribution >= 4 is 67.2 Å². The molecular weight excluding hydrogens is 490 g/mol. The quantitative estimate of drug-likeness (QED) is 0.226. The molecule has 3 N–H and O–H groups in total. The van der Waals surface area contributed by atoms with Crippen LogP contribution in [0.15, 0.2) is 45.5 Å². The zero-order valence-electron chi connectivity index (χ0n) is 18.2. The molecule has 10 heteroatoms. The fourth-order valence-electron chi connectivity index (χ4n) is 2.88. The van der Waals surface area contributed by atoms with Crippen LogP contribution in [-0.2, 0) is 14.8 Å². The van der Waals surface area contributed by atoms with Crippen LogP contribution in [0.5, 0.6) is 5.75 Å². The highest BCUT2D eigenvalue weighted by molar-refractivity contribution is 8.00. The van der Waals surface area contributed by atoms with Crippen molar-refractivity contribution in [1.29, 1.82) is 0 Å². The maximum absolute atomic E-state index is 13.1. The molecule has 174 valence electrons. The summed E-state index contributed by atoms with van der Waals surface area (Å²) in [6.45, 7) is 7.99. The van der Waals surface area contributed by atoms with Gasteiger partial charge in [0.25, 0.3) is 10.0 Å². The number of nitrogens with one attached hydrogen (secondary N) is 1. The normalized spacial score (nSPS) is 12.2. The van der Waals surface area contributed by atoms with Crippen molar-refractivity contribution < 1.29 is 23.4 Å². The minimum absolute atomic E-state index is 0.0852. The van der Waals surface area contributed by atoms with E-state index in [1.807, 2.05) is 27.7 Å². The number of rotatable bonds is 8. The van der Waals surface area contributed by atoms with Gasteiger partial charge in [-0.05, 0) is 24.5 Å². The van der Waals surface area contributed by atoms with E-state index in [1.165, 1.54) is 12.1 Å². The second kappa shape index (κ2) is 11.3. The number of phenolic OH excluding ortho intramolecular Hbond substituents is 1. The Hall–Kier alpha value is -1.94. The number of aromatic hydroxyl groups is 1. The molecule has 3 aromatic rings. The first-order valence-corrected chi connectivity index (χ1v) is 13.7. The van der Waals surface area contributed by atoms with E-state index in [1.54, 1.807) is 24.3 Å². The first kappa shape index (κ1) is 26.3. The highest BCUT2D eigenvalue weighted by atomic mass is 35.5. The number of thioether (sulfide) groups is 1. The number of phenols is 1. The Kier molecular flexibility index (Phi) is 9.27. The van der Waals surface area contributed by atoms with Gasteiger partial charge in [-0.25, -0.2) is 8.42 Å². The first-order valence-electron chi connectivity index (χ1n) is 10.0. The zero-order valence-corrected chi connectivity index (χ0v) is 21.4. The molecule has 0 radical (unpaired) electrons. The molecule has 0 bridgehead atoms. The number of fused-ring (bicyclic) bond motifs is 1. The Morgan fingerprint density at radius 2 is 1.84 bits per heavy atom. The lowest BCUT2D eigenvalue weighted by Crippen LogP contribution is -2.12. The van der Waals surface area contributed by atoms with Crippen LogP contribution in [0, 0.1) is 0 Å². The smallest absolute Gasteiger partial charge is 0.313 e. The molecule has 1 atom stereocenters. The van der Waals surface area contributed by atoms with Gasteiger partial charge in [-0.15, -0.1) is 23.1 Å². The molecule has 0 saturated carbocycles. The van der Waals surface area contributed by atoms with Crippen molar-refractivity contribution in [3.8, 4) is 5.75 Å². The molecule has 0 saturated heterocycles. The highest BCUT2D eigenvalue weighted by Gasteiger charge is 2.23. The second-order valence-electron chi connectivity index (χ2n) is 6.69. The van der Waals surface area contributed by atoms with Gasteiger partial charge in [0.15, 0.2) is 0 Å². The van der Waals surface area contributed by atoms with Crippen LogP contribution in [0.2, 0.25) is 5.02 Å². The van der Waals surface area contributed by atoms with Crippen LogP contribution in [-0.4, -0.2) is 30.4 Å². The van der Waals surface area contributed by atoms with Crippen molar-refractivity contribution in [3.05, 3.63) is 46.3 Å². The topological polar surface area (TPSA) is 104 Å². The minimum Gasteiger partial charge on any atom is -0.506 e. The molecule has 32 heavy (non-hydrogen) atoms. The summed E-state index contributed by atoms with van der Waals surface area (Å²) in [5.41, 5.74) is 0.255. The van der Waals surface area contributed by atoms with Gasteiger partial charge < -0.3 is 10.2 Å². The van der Waals surface area contributed by atoms with Gasteiger partial charge in [-0.1, -0.05) is 63.6 Å². The van der Waals surface area contributed by atoms with E-state index in [2.05, 4.69) is 4.72 Å². The Bertz CT molecular complexity index is 1210. The van der Waals surface area contributed by atoms with Crippen LogP contribution in [0.4, 0.5) is 5.69 Å². The number of carboxylic acid groups (broad SMARTS) is 1. The largest absolute Gasteiger partial charge is 0.506 e. The third kappa shape index (κ3) is 5.89. The number of carbonyl (C=O) groups is 1. The van der Waals surface area contributed by atoms with Gasteiger partial charge in [0.1, 0.15) is 9.96 Å². The third-order valence-electron chi connectivity index (χ3n) is 4.59. The molecule has 0 aliphatic rings. The summed E-state index contributed by atoms with van der Waals surface area (Å²) in [6.07, 6.45) is 0.833. The van der Waals surface area contributed by atoms with Gasteiger partial charge >= 0.3 is 5.97 Å². The summed E-state index contributed by atoms with van der Waals surface area (Å²) in [5.74, 6) is -1.25. The molecule has 2 aromatic carbocycles. The lowest BCUT2D eigenvalue weighted by Gasteiger charge is -2.14. The molecule has 0 fully saturated rings. The van der Waals surface area contributed by atoms with E-state index >= 15 is 0 Å². The van der Waals surface area contributed by atoms with Gasteiger partial charge in [-0.2, -0.15) is 0 Å². The minimum atomic E-state index is -3.93. The van der Waals surface area contributed by atoms with Gasteiger partial charge in [0, 0.05) is 15.6 Å². The number of hydrogen-bond acceptors (Lipinski definition) is 6. The molecule has 0 amide bonds. The van der Waals surface area contributed by atoms with Gasteiger partial charge in [0.05, 0.1) is 21.4 Å². The van der Waals surface area contributed by atoms with Gasteiger partial charge in [-0.3, -0.25) is 9.52 Å². The molecular formula is C22H26ClNO5S3. The zero-order chi connectivity index (χ0) is 24.1. The van der Waals surface area contributed by atoms with E-state index < -0.39 is 16.0 Å². The van der Waals surface area contributed by atoms with Crippen molar-refractivity contribution in [1.82, 2.24) is 0 Å². The predicted octanol–water partition coefficient (Wildman–Crippen LogP) is 6.78. The van der Waals surface area contributed by atoms with Crippen LogP contribution in [0.3, 0.4) is 0 Å². The van der Waals surface area contributed by atoms with Crippen molar-refractivity contribution in [2.24, 2.45) is 0 Å². The molecule has 1 heterocycles. The Morgan fingerprint density at radius 3 is 2.44 bits per heavy atom. The van der Waals surface area contributed by atoms with E-state index in [0.717, 1.165) is 34.4 Å². The Labute approximate surface area is 201 Å². The number of hydrogen-bond donors (Lipinski definition) is 3. The summed E-state index contributed by atoms with van der Waals surface area (Å²) < 4.78 is 28.8. The number of sulfonamides is 1. The van der Waals surface area contributed by atoms with E-state index in [-0.39, 0.29) is 32.2 Å². The Balaban J connectivity index is 0.00000176. The summed E-state index contributed by atoms with van der Waals surface area (Å²) in [5, 5.41) is 20.8. The highest BCUT2D eigenvalue weighted by Crippen LogP contribution is 2.42. The maximum atomic E-state index is 13.1. The van der Waals surface area contributed by atoms with Crippen molar-refractivity contribution in [3.63, 3.8) is 0 Å². The van der Waals surface area contributed by atoms with E-state index in [0.29, 0.717) is 15.8 Å². The summed E-state index contributed by atoms with van der Waals surface area (Å²) in [7, 11) is -3.93. The Morgan fingerprint density at radius 1 is 1.22 bits per heavy atom. The molecule has 0 aliphatic heterocycles. The number of benzene rings is 2. The second-order valence-corrected chi connectivity index (χ2v) is 11.1. The maximum Gasteiger partial charge on any atom is 0.313 e. The number of carboxylic acids is 1. The number of halogens is 1. The predicted molar refractivity (Wildman–Crippen MR) is 134 cm³/mol. The molecule has 6 nitrogen and oxygen atoms in total. The summed E-state index contributed by atoms with van der Waals surface area (Å²) in [4.78, 5) is 12.0. The number of anilines is 1. The number of thiophene rings is 1. The monoisotopic (exact) mass is 515 g/mol. The lowest BCUT2D eigenvalue weighted by molar-refractivity contribution is -0.133. The lowest BCUT2D eigenvalue weighted by atomic mass is 10.1. The summed E-state index contributed by atoms with van der Waals surface area (Å²) >= 11 is 8.31. The molecule has 0 aliphatic carbocycles. The van der Waals surface area contributed by atoms with Crippen LogP contribution in [0.25, 0.3) is 10.8 Å². The molecule has 0 spiro atoms. The van der Waals surface area contributed by atoms with E-state index in [4.69, 9.17) is 16.7 Å². The van der Waals surface area contributed by atoms with Crippen LogP contribution < -0.4 is 4.72 Å². The molecule has 1 unspecified atom stereocenters. The fourth-order valence-corrected chi connectivity index (χ4v) is 6.73. The average molecular weight is 516 g/mol. The van der Waals surface area contributed by atoms with Crippen LogP contribution in [0.1, 0.15) is 44.9 Å². The number of aliphatic carboxylic acids is 1.